The van der Waals surface area contributed by atoms with Gasteiger partial charge in [-0.1, -0.05) is 28.9 Å². The summed E-state index contributed by atoms with van der Waals surface area (Å²) in [5.41, 5.74) is 0.905. The number of aromatic nitrogens is 4. The van der Waals surface area contributed by atoms with Crippen molar-refractivity contribution in [3.05, 3.63) is 51.5 Å². The standard InChI is InChI=1S/C15H14ClN5O3/c1-24-7-6-17-14(22)12-13-15(23)18-11(8-21(13)20-19-12)9-2-4-10(16)5-3-9/h2-5,8H,6-7H2,1H3,(H,17,22)(H,18,23). The number of aromatic amines is 1. The molecule has 0 bridgehead atoms. The minimum atomic E-state index is -0.480. The molecule has 1 aromatic carbocycles. The highest BCUT2D eigenvalue weighted by atomic mass is 35.5. The molecule has 3 rings (SSSR count). The molecule has 0 fully saturated rings. The van der Waals surface area contributed by atoms with Crippen LogP contribution in [-0.4, -0.2) is 46.0 Å². The highest BCUT2D eigenvalue weighted by Gasteiger charge is 2.18. The summed E-state index contributed by atoms with van der Waals surface area (Å²) >= 11 is 5.86. The molecule has 1 amide bonds. The van der Waals surface area contributed by atoms with Crippen LogP contribution in [0.5, 0.6) is 0 Å². The van der Waals surface area contributed by atoms with Crippen LogP contribution in [0.2, 0.25) is 5.02 Å². The molecule has 0 spiro atoms. The number of carbonyl (C=O) groups is 1. The molecule has 0 saturated heterocycles. The first kappa shape index (κ1) is 16.2. The molecule has 0 aliphatic rings. The number of hydrogen-bond acceptors (Lipinski definition) is 5. The average Bonchev–Trinajstić information content (AvgIpc) is 3.00. The van der Waals surface area contributed by atoms with Gasteiger partial charge in [-0.3, -0.25) is 9.59 Å². The molecule has 0 aliphatic heterocycles. The van der Waals surface area contributed by atoms with E-state index in [0.717, 1.165) is 5.56 Å². The van der Waals surface area contributed by atoms with Crippen molar-refractivity contribution in [1.29, 1.82) is 0 Å². The van der Waals surface area contributed by atoms with E-state index in [4.69, 9.17) is 16.3 Å². The Labute approximate surface area is 141 Å². The van der Waals surface area contributed by atoms with Crippen molar-refractivity contribution < 1.29 is 9.53 Å². The molecule has 0 unspecified atom stereocenters. The summed E-state index contributed by atoms with van der Waals surface area (Å²) in [6.45, 7) is 0.678. The second-order valence-corrected chi connectivity index (χ2v) is 5.42. The van der Waals surface area contributed by atoms with Crippen LogP contribution in [-0.2, 0) is 4.74 Å². The predicted molar refractivity (Wildman–Crippen MR) is 88.3 cm³/mol. The van der Waals surface area contributed by atoms with Gasteiger partial charge in [0.05, 0.1) is 18.5 Å². The maximum atomic E-state index is 12.4. The lowest BCUT2D eigenvalue weighted by Gasteiger charge is -2.04. The third kappa shape index (κ3) is 3.15. The minimum Gasteiger partial charge on any atom is -0.383 e. The van der Waals surface area contributed by atoms with Gasteiger partial charge in [-0.25, -0.2) is 4.52 Å². The number of rotatable bonds is 5. The molecule has 2 heterocycles. The number of nitrogens with zero attached hydrogens (tertiary/aromatic N) is 3. The van der Waals surface area contributed by atoms with Gasteiger partial charge in [0.1, 0.15) is 0 Å². The van der Waals surface area contributed by atoms with Gasteiger partial charge in [-0.2, -0.15) is 0 Å². The summed E-state index contributed by atoms with van der Waals surface area (Å²) in [6, 6.07) is 6.98. The van der Waals surface area contributed by atoms with Crippen molar-refractivity contribution in [1.82, 2.24) is 25.1 Å². The molecule has 24 heavy (non-hydrogen) atoms. The number of nitrogens with one attached hydrogen (secondary N) is 2. The van der Waals surface area contributed by atoms with E-state index < -0.39 is 11.5 Å². The number of carbonyl (C=O) groups excluding carboxylic acids is 1. The Morgan fingerprint density at radius 2 is 2.12 bits per heavy atom. The van der Waals surface area contributed by atoms with E-state index in [1.807, 2.05) is 0 Å². The molecule has 9 heteroatoms. The molecule has 0 radical (unpaired) electrons. The minimum absolute atomic E-state index is 0.0324. The van der Waals surface area contributed by atoms with Crippen LogP contribution in [0, 0.1) is 0 Å². The molecular weight excluding hydrogens is 334 g/mol. The lowest BCUT2D eigenvalue weighted by atomic mass is 10.1. The quantitative estimate of drug-likeness (QED) is 0.673. The van der Waals surface area contributed by atoms with Gasteiger partial charge < -0.3 is 15.0 Å². The summed E-state index contributed by atoms with van der Waals surface area (Å²) in [5.74, 6) is -0.480. The number of halogens is 1. The Balaban J connectivity index is 1.98. The summed E-state index contributed by atoms with van der Waals surface area (Å²) in [7, 11) is 1.53. The fourth-order valence-corrected chi connectivity index (χ4v) is 2.34. The lowest BCUT2D eigenvalue weighted by Crippen LogP contribution is -2.28. The third-order valence-electron chi connectivity index (χ3n) is 3.37. The van der Waals surface area contributed by atoms with Gasteiger partial charge in [0.2, 0.25) is 0 Å². The topological polar surface area (TPSA) is 101 Å². The number of fused-ring (bicyclic) bond motifs is 1. The van der Waals surface area contributed by atoms with Gasteiger partial charge in [0, 0.05) is 18.7 Å². The van der Waals surface area contributed by atoms with Crippen LogP contribution in [0.15, 0.2) is 35.3 Å². The second kappa shape index (κ2) is 6.81. The van der Waals surface area contributed by atoms with Crippen LogP contribution in [0.1, 0.15) is 10.5 Å². The molecule has 2 aromatic heterocycles. The number of methoxy groups -OCH3 is 1. The van der Waals surface area contributed by atoms with Crippen molar-refractivity contribution in [2.75, 3.05) is 20.3 Å². The fourth-order valence-electron chi connectivity index (χ4n) is 2.21. The van der Waals surface area contributed by atoms with E-state index in [9.17, 15) is 9.59 Å². The van der Waals surface area contributed by atoms with Gasteiger partial charge in [-0.15, -0.1) is 5.10 Å². The number of ether oxygens (including phenoxy) is 1. The molecular formula is C15H14ClN5O3. The van der Waals surface area contributed by atoms with E-state index in [1.54, 1.807) is 30.5 Å². The molecule has 0 atom stereocenters. The molecule has 2 N–H and O–H groups in total. The largest absolute Gasteiger partial charge is 0.383 e. The lowest BCUT2D eigenvalue weighted by molar-refractivity contribution is 0.0933. The normalized spacial score (nSPS) is 10.9. The van der Waals surface area contributed by atoms with E-state index in [0.29, 0.717) is 23.9 Å². The Hall–Kier alpha value is -2.71. The van der Waals surface area contributed by atoms with Crippen molar-refractivity contribution in [2.45, 2.75) is 0 Å². The number of hydrogen-bond donors (Lipinski definition) is 2. The molecule has 8 nitrogen and oxygen atoms in total. The molecule has 0 aliphatic carbocycles. The Kier molecular flexibility index (Phi) is 4.59. The smallest absolute Gasteiger partial charge is 0.276 e. The predicted octanol–water partition coefficient (Wildman–Crippen LogP) is 1.11. The van der Waals surface area contributed by atoms with E-state index in [-0.39, 0.29) is 11.2 Å². The first-order chi connectivity index (χ1) is 11.6. The van der Waals surface area contributed by atoms with Crippen LogP contribution < -0.4 is 10.9 Å². The van der Waals surface area contributed by atoms with Crippen molar-refractivity contribution in [3.8, 4) is 11.3 Å². The summed E-state index contributed by atoms with van der Waals surface area (Å²) < 4.78 is 6.15. The van der Waals surface area contributed by atoms with E-state index >= 15 is 0 Å². The number of benzene rings is 1. The highest BCUT2D eigenvalue weighted by Crippen LogP contribution is 2.19. The first-order valence-corrected chi connectivity index (χ1v) is 7.49. The van der Waals surface area contributed by atoms with Crippen LogP contribution >= 0.6 is 11.6 Å². The maximum Gasteiger partial charge on any atom is 0.276 e. The monoisotopic (exact) mass is 347 g/mol. The summed E-state index contributed by atoms with van der Waals surface area (Å²) in [4.78, 5) is 27.2. The van der Waals surface area contributed by atoms with Gasteiger partial charge in [0.15, 0.2) is 11.2 Å². The Morgan fingerprint density at radius 3 is 2.83 bits per heavy atom. The van der Waals surface area contributed by atoms with Gasteiger partial charge in [-0.05, 0) is 17.7 Å². The zero-order valence-corrected chi connectivity index (χ0v) is 13.5. The van der Waals surface area contributed by atoms with Crippen LogP contribution in [0.4, 0.5) is 0 Å². The zero-order valence-electron chi connectivity index (χ0n) is 12.7. The van der Waals surface area contributed by atoms with E-state index in [2.05, 4.69) is 20.6 Å². The van der Waals surface area contributed by atoms with Gasteiger partial charge in [0.25, 0.3) is 11.5 Å². The zero-order chi connectivity index (χ0) is 17.1. The molecule has 0 saturated carbocycles. The van der Waals surface area contributed by atoms with Crippen molar-refractivity contribution >= 4 is 23.0 Å². The number of H-pyrrole nitrogens is 1. The molecule has 124 valence electrons. The highest BCUT2D eigenvalue weighted by molar-refractivity contribution is 6.30. The third-order valence-corrected chi connectivity index (χ3v) is 3.62. The second-order valence-electron chi connectivity index (χ2n) is 4.98. The van der Waals surface area contributed by atoms with Crippen LogP contribution in [0.3, 0.4) is 0 Å². The summed E-state index contributed by atoms with van der Waals surface area (Å²) in [5, 5.41) is 10.9. The molecule has 3 aromatic rings. The Morgan fingerprint density at radius 1 is 1.38 bits per heavy atom. The van der Waals surface area contributed by atoms with Crippen LogP contribution in [0.25, 0.3) is 16.8 Å². The number of amides is 1. The maximum absolute atomic E-state index is 12.4. The SMILES string of the molecule is COCCNC(=O)c1nnn2cc(-c3ccc(Cl)cc3)[nH]c(=O)c12. The van der Waals surface area contributed by atoms with Crippen molar-refractivity contribution in [2.24, 2.45) is 0 Å². The van der Waals surface area contributed by atoms with Crippen molar-refractivity contribution in [3.63, 3.8) is 0 Å². The Bertz CT molecular complexity index is 932. The first-order valence-electron chi connectivity index (χ1n) is 7.11. The summed E-state index contributed by atoms with van der Waals surface area (Å²) in [6.07, 6.45) is 1.60. The van der Waals surface area contributed by atoms with E-state index in [1.165, 1.54) is 11.6 Å². The average molecular weight is 348 g/mol. The van der Waals surface area contributed by atoms with Gasteiger partial charge >= 0.3 is 0 Å². The fraction of sp³-hybridized carbons (Fsp3) is 0.200.